The fourth-order valence-electron chi connectivity index (χ4n) is 2.34. The molecule has 0 amide bonds. The van der Waals surface area contributed by atoms with Crippen molar-refractivity contribution in [3.63, 3.8) is 0 Å². The first-order valence-corrected chi connectivity index (χ1v) is 6.59. The molecule has 0 saturated heterocycles. The van der Waals surface area contributed by atoms with Gasteiger partial charge >= 0.3 is 6.18 Å². The predicted octanol–water partition coefficient (Wildman–Crippen LogP) is 4.93. The van der Waals surface area contributed by atoms with Gasteiger partial charge in [0.05, 0.1) is 18.2 Å². The molecule has 0 radical (unpaired) electrons. The average Bonchev–Trinajstić information content (AvgIpc) is 2.53. The van der Waals surface area contributed by atoms with Crippen LogP contribution in [0.2, 0.25) is 0 Å². The number of aromatic nitrogens is 1. The van der Waals surface area contributed by atoms with Crippen LogP contribution in [-0.2, 0) is 6.18 Å². The lowest BCUT2D eigenvalue weighted by molar-refractivity contribution is -0.137. The molecular weight excluding hydrogens is 291 g/mol. The number of halogens is 3. The SMILES string of the molecule is COc1cc(-c2ccc(C(F)(F)F)cc2)c2ncccc2c1. The summed E-state index contributed by atoms with van der Waals surface area (Å²) in [5.41, 5.74) is 1.46. The van der Waals surface area contributed by atoms with Gasteiger partial charge in [-0.2, -0.15) is 13.2 Å². The van der Waals surface area contributed by atoms with E-state index in [0.29, 0.717) is 11.3 Å². The molecule has 112 valence electrons. The van der Waals surface area contributed by atoms with E-state index in [0.717, 1.165) is 28.6 Å². The van der Waals surface area contributed by atoms with Gasteiger partial charge < -0.3 is 4.74 Å². The Morgan fingerprint density at radius 2 is 1.73 bits per heavy atom. The molecular formula is C17H12F3NO. The summed E-state index contributed by atoms with van der Waals surface area (Å²) < 4.78 is 43.2. The number of pyridine rings is 1. The topological polar surface area (TPSA) is 22.1 Å². The minimum Gasteiger partial charge on any atom is -0.497 e. The van der Waals surface area contributed by atoms with Crippen LogP contribution in [0.5, 0.6) is 5.75 Å². The average molecular weight is 303 g/mol. The maximum atomic E-state index is 12.7. The summed E-state index contributed by atoms with van der Waals surface area (Å²) in [6.45, 7) is 0. The number of ether oxygens (including phenoxy) is 1. The first-order valence-electron chi connectivity index (χ1n) is 6.59. The zero-order valence-electron chi connectivity index (χ0n) is 11.7. The van der Waals surface area contributed by atoms with Gasteiger partial charge in [0.1, 0.15) is 5.75 Å². The molecule has 3 rings (SSSR count). The summed E-state index contributed by atoms with van der Waals surface area (Å²) in [7, 11) is 1.55. The number of nitrogens with zero attached hydrogens (tertiary/aromatic N) is 1. The quantitative estimate of drug-likeness (QED) is 0.669. The van der Waals surface area contributed by atoms with Gasteiger partial charge in [0.2, 0.25) is 0 Å². The molecule has 0 N–H and O–H groups in total. The molecule has 1 heterocycles. The fraction of sp³-hybridized carbons (Fsp3) is 0.118. The van der Waals surface area contributed by atoms with Gasteiger partial charge in [0.15, 0.2) is 0 Å². The van der Waals surface area contributed by atoms with Crippen LogP contribution in [0.4, 0.5) is 13.2 Å². The Bertz CT molecular complexity index is 810. The second kappa shape index (κ2) is 5.33. The number of fused-ring (bicyclic) bond motifs is 1. The highest BCUT2D eigenvalue weighted by Crippen LogP contribution is 2.34. The largest absolute Gasteiger partial charge is 0.497 e. The number of benzene rings is 2. The highest BCUT2D eigenvalue weighted by atomic mass is 19.4. The second-order valence-electron chi connectivity index (χ2n) is 4.83. The molecule has 0 saturated carbocycles. The Kier molecular flexibility index (Phi) is 3.48. The minimum absolute atomic E-state index is 0.635. The molecule has 0 unspecified atom stereocenters. The van der Waals surface area contributed by atoms with Gasteiger partial charge in [-0.05, 0) is 35.9 Å². The van der Waals surface area contributed by atoms with E-state index in [-0.39, 0.29) is 0 Å². The van der Waals surface area contributed by atoms with E-state index < -0.39 is 11.7 Å². The van der Waals surface area contributed by atoms with Crippen LogP contribution in [-0.4, -0.2) is 12.1 Å². The minimum atomic E-state index is -4.34. The first-order chi connectivity index (χ1) is 10.5. The smallest absolute Gasteiger partial charge is 0.416 e. The van der Waals surface area contributed by atoms with Gasteiger partial charge in [0.25, 0.3) is 0 Å². The van der Waals surface area contributed by atoms with E-state index in [4.69, 9.17) is 4.74 Å². The molecule has 0 spiro atoms. The zero-order valence-corrected chi connectivity index (χ0v) is 11.7. The molecule has 1 aromatic heterocycles. The fourth-order valence-corrected chi connectivity index (χ4v) is 2.34. The number of methoxy groups -OCH3 is 1. The normalized spacial score (nSPS) is 11.6. The lowest BCUT2D eigenvalue weighted by Crippen LogP contribution is -2.04. The summed E-state index contributed by atoms with van der Waals surface area (Å²) in [4.78, 5) is 4.33. The van der Waals surface area contributed by atoms with Crippen LogP contribution in [0.15, 0.2) is 54.7 Å². The van der Waals surface area contributed by atoms with Gasteiger partial charge in [0, 0.05) is 17.1 Å². The molecule has 0 aliphatic rings. The summed E-state index contributed by atoms with van der Waals surface area (Å²) in [5, 5.41) is 0.872. The van der Waals surface area contributed by atoms with E-state index in [1.165, 1.54) is 12.1 Å². The lowest BCUT2D eigenvalue weighted by Gasteiger charge is -2.11. The van der Waals surface area contributed by atoms with Crippen molar-refractivity contribution < 1.29 is 17.9 Å². The summed E-state index contributed by atoms with van der Waals surface area (Å²) in [6.07, 6.45) is -2.68. The molecule has 0 bridgehead atoms. The second-order valence-corrected chi connectivity index (χ2v) is 4.83. The van der Waals surface area contributed by atoms with Gasteiger partial charge in [-0.25, -0.2) is 0 Å². The standard InChI is InChI=1S/C17H12F3NO/c1-22-14-9-12-3-2-8-21-16(12)15(10-14)11-4-6-13(7-5-11)17(18,19)20/h2-10H,1H3. The third kappa shape index (κ3) is 2.62. The first kappa shape index (κ1) is 14.4. The molecule has 3 aromatic rings. The van der Waals surface area contributed by atoms with Crippen LogP contribution in [0, 0.1) is 0 Å². The van der Waals surface area contributed by atoms with Crippen molar-refractivity contribution in [2.24, 2.45) is 0 Å². The van der Waals surface area contributed by atoms with Crippen LogP contribution < -0.4 is 4.74 Å². The van der Waals surface area contributed by atoms with E-state index in [2.05, 4.69) is 4.98 Å². The van der Waals surface area contributed by atoms with Crippen molar-refractivity contribution >= 4 is 10.9 Å². The van der Waals surface area contributed by atoms with Crippen molar-refractivity contribution in [1.82, 2.24) is 4.98 Å². The monoisotopic (exact) mass is 303 g/mol. The molecule has 22 heavy (non-hydrogen) atoms. The van der Waals surface area contributed by atoms with E-state index in [9.17, 15) is 13.2 Å². The van der Waals surface area contributed by atoms with Crippen LogP contribution in [0.25, 0.3) is 22.0 Å². The van der Waals surface area contributed by atoms with Gasteiger partial charge in [-0.3, -0.25) is 4.98 Å². The Labute approximate surface area is 125 Å². The van der Waals surface area contributed by atoms with Gasteiger partial charge in [-0.15, -0.1) is 0 Å². The molecule has 0 aliphatic heterocycles. The number of hydrogen-bond donors (Lipinski definition) is 0. The van der Waals surface area contributed by atoms with E-state index in [1.807, 2.05) is 12.1 Å². The molecule has 0 aliphatic carbocycles. The van der Waals surface area contributed by atoms with Crippen molar-refractivity contribution in [3.05, 3.63) is 60.3 Å². The number of hydrogen-bond acceptors (Lipinski definition) is 2. The Balaban J connectivity index is 2.17. The third-order valence-corrected chi connectivity index (χ3v) is 3.44. The Morgan fingerprint density at radius 3 is 2.36 bits per heavy atom. The van der Waals surface area contributed by atoms with Gasteiger partial charge in [-0.1, -0.05) is 18.2 Å². The molecule has 0 atom stereocenters. The maximum Gasteiger partial charge on any atom is 0.416 e. The van der Waals surface area contributed by atoms with E-state index >= 15 is 0 Å². The third-order valence-electron chi connectivity index (χ3n) is 3.44. The Hall–Kier alpha value is -2.56. The van der Waals surface area contributed by atoms with Crippen LogP contribution in [0.3, 0.4) is 0 Å². The van der Waals surface area contributed by atoms with Crippen molar-refractivity contribution in [1.29, 1.82) is 0 Å². The van der Waals surface area contributed by atoms with Crippen molar-refractivity contribution in [3.8, 4) is 16.9 Å². The maximum absolute atomic E-state index is 12.7. The Morgan fingerprint density at radius 1 is 1.00 bits per heavy atom. The molecule has 5 heteroatoms. The molecule has 0 fully saturated rings. The van der Waals surface area contributed by atoms with Crippen LogP contribution >= 0.6 is 0 Å². The summed E-state index contributed by atoms with van der Waals surface area (Å²) >= 11 is 0. The summed E-state index contributed by atoms with van der Waals surface area (Å²) in [5.74, 6) is 0.635. The number of rotatable bonds is 2. The zero-order chi connectivity index (χ0) is 15.7. The highest BCUT2D eigenvalue weighted by molar-refractivity contribution is 5.94. The molecule has 2 aromatic carbocycles. The van der Waals surface area contributed by atoms with Crippen molar-refractivity contribution in [2.75, 3.05) is 7.11 Å². The van der Waals surface area contributed by atoms with E-state index in [1.54, 1.807) is 25.4 Å². The number of alkyl halides is 3. The van der Waals surface area contributed by atoms with Crippen molar-refractivity contribution in [2.45, 2.75) is 6.18 Å². The lowest BCUT2D eigenvalue weighted by atomic mass is 10.00. The highest BCUT2D eigenvalue weighted by Gasteiger charge is 2.30. The van der Waals surface area contributed by atoms with Crippen LogP contribution in [0.1, 0.15) is 5.56 Å². The predicted molar refractivity (Wildman–Crippen MR) is 78.7 cm³/mol. The molecule has 2 nitrogen and oxygen atoms in total. The summed E-state index contributed by atoms with van der Waals surface area (Å²) in [6, 6.07) is 12.4.